The van der Waals surface area contributed by atoms with Crippen LogP contribution in [0, 0.1) is 0 Å². The van der Waals surface area contributed by atoms with E-state index in [2.05, 4.69) is 41.1 Å². The van der Waals surface area contributed by atoms with E-state index in [1.54, 1.807) is 0 Å². The van der Waals surface area contributed by atoms with Gasteiger partial charge < -0.3 is 14.7 Å². The molecule has 5 nitrogen and oxygen atoms in total. The molecule has 0 aromatic carbocycles. The molecule has 1 unspecified atom stereocenters. The highest BCUT2D eigenvalue weighted by Gasteiger charge is 2.11. The Balaban J connectivity index is 2.51. The van der Waals surface area contributed by atoms with Crippen molar-refractivity contribution in [3.63, 3.8) is 0 Å². The second-order valence-electron chi connectivity index (χ2n) is 3.89. The van der Waals surface area contributed by atoms with Crippen molar-refractivity contribution in [1.82, 2.24) is 15.5 Å². The predicted octanol–water partition coefficient (Wildman–Crippen LogP) is 1.46. The fourth-order valence-corrected chi connectivity index (χ4v) is 1.47. The molecule has 0 aliphatic carbocycles. The summed E-state index contributed by atoms with van der Waals surface area (Å²) in [6, 6.07) is 0.476. The van der Waals surface area contributed by atoms with E-state index in [4.69, 9.17) is 4.52 Å². The SMILES string of the molecule is CCN(CC)c1noc(CCC(C)NC)n1. The minimum atomic E-state index is 0.476. The molecule has 0 spiro atoms. The first-order chi connectivity index (χ1) is 7.71. The maximum absolute atomic E-state index is 5.21. The Morgan fingerprint density at radius 2 is 2.06 bits per heavy atom. The Morgan fingerprint density at radius 3 is 2.62 bits per heavy atom. The normalized spacial score (nSPS) is 12.8. The Hall–Kier alpha value is -1.10. The van der Waals surface area contributed by atoms with Gasteiger partial charge in [-0.15, -0.1) is 0 Å². The van der Waals surface area contributed by atoms with Crippen LogP contribution in [0.1, 0.15) is 33.1 Å². The zero-order valence-electron chi connectivity index (χ0n) is 10.7. The van der Waals surface area contributed by atoms with E-state index in [9.17, 15) is 0 Å². The van der Waals surface area contributed by atoms with Gasteiger partial charge in [0, 0.05) is 25.6 Å². The molecule has 16 heavy (non-hydrogen) atoms. The number of aryl methyl sites for hydroxylation is 1. The van der Waals surface area contributed by atoms with Crippen LogP contribution in [-0.4, -0.2) is 36.3 Å². The van der Waals surface area contributed by atoms with Crippen molar-refractivity contribution >= 4 is 5.95 Å². The lowest BCUT2D eigenvalue weighted by Crippen LogP contribution is -2.23. The molecule has 0 saturated carbocycles. The Kier molecular flexibility index (Phi) is 5.25. The topological polar surface area (TPSA) is 54.2 Å². The van der Waals surface area contributed by atoms with Crippen molar-refractivity contribution in [1.29, 1.82) is 0 Å². The van der Waals surface area contributed by atoms with Crippen LogP contribution in [0.2, 0.25) is 0 Å². The lowest BCUT2D eigenvalue weighted by molar-refractivity contribution is 0.368. The smallest absolute Gasteiger partial charge is 0.266 e. The minimum absolute atomic E-state index is 0.476. The van der Waals surface area contributed by atoms with Crippen molar-refractivity contribution < 1.29 is 4.52 Å². The standard InChI is InChI=1S/C11H22N4O/c1-5-15(6-2)11-13-10(16-14-11)8-7-9(3)12-4/h9,12H,5-8H2,1-4H3. The second kappa shape index (κ2) is 6.48. The van der Waals surface area contributed by atoms with Crippen molar-refractivity contribution in [3.05, 3.63) is 5.89 Å². The lowest BCUT2D eigenvalue weighted by atomic mass is 10.2. The van der Waals surface area contributed by atoms with E-state index in [-0.39, 0.29) is 0 Å². The van der Waals surface area contributed by atoms with Crippen LogP contribution in [0.25, 0.3) is 0 Å². The lowest BCUT2D eigenvalue weighted by Gasteiger charge is -2.14. The van der Waals surface area contributed by atoms with Gasteiger partial charge in [0.1, 0.15) is 0 Å². The van der Waals surface area contributed by atoms with Gasteiger partial charge in [-0.3, -0.25) is 0 Å². The molecule has 0 radical (unpaired) electrons. The van der Waals surface area contributed by atoms with Crippen molar-refractivity contribution in [3.8, 4) is 0 Å². The molecule has 0 amide bonds. The first kappa shape index (κ1) is 13.0. The van der Waals surface area contributed by atoms with Crippen LogP contribution >= 0.6 is 0 Å². The number of rotatable bonds is 7. The van der Waals surface area contributed by atoms with E-state index < -0.39 is 0 Å². The summed E-state index contributed by atoms with van der Waals surface area (Å²) in [5.41, 5.74) is 0. The van der Waals surface area contributed by atoms with Crippen LogP contribution < -0.4 is 10.2 Å². The minimum Gasteiger partial charge on any atom is -0.339 e. The third-order valence-electron chi connectivity index (χ3n) is 2.79. The molecule has 1 N–H and O–H groups in total. The van der Waals surface area contributed by atoms with Crippen LogP contribution in [-0.2, 0) is 6.42 Å². The van der Waals surface area contributed by atoms with Gasteiger partial charge >= 0.3 is 0 Å². The van der Waals surface area contributed by atoms with Crippen LogP contribution in [0.3, 0.4) is 0 Å². The third-order valence-corrected chi connectivity index (χ3v) is 2.79. The number of hydrogen-bond donors (Lipinski definition) is 1. The average Bonchev–Trinajstić information content (AvgIpc) is 2.76. The summed E-state index contributed by atoms with van der Waals surface area (Å²) in [7, 11) is 1.96. The van der Waals surface area contributed by atoms with E-state index in [0.29, 0.717) is 12.0 Å². The maximum atomic E-state index is 5.21. The van der Waals surface area contributed by atoms with Gasteiger partial charge in [0.15, 0.2) is 0 Å². The molecule has 0 saturated heterocycles. The molecule has 0 bridgehead atoms. The van der Waals surface area contributed by atoms with Gasteiger partial charge in [0.05, 0.1) is 0 Å². The quantitative estimate of drug-likeness (QED) is 0.762. The van der Waals surface area contributed by atoms with Crippen molar-refractivity contribution in [2.24, 2.45) is 0 Å². The fourth-order valence-electron chi connectivity index (χ4n) is 1.47. The average molecular weight is 226 g/mol. The number of nitrogens with one attached hydrogen (secondary N) is 1. The Labute approximate surface area is 97.2 Å². The number of anilines is 1. The molecule has 1 aromatic heterocycles. The fraction of sp³-hybridized carbons (Fsp3) is 0.818. The summed E-state index contributed by atoms with van der Waals surface area (Å²) < 4.78 is 5.21. The zero-order valence-corrected chi connectivity index (χ0v) is 10.7. The highest BCUT2D eigenvalue weighted by atomic mass is 16.5. The molecular weight excluding hydrogens is 204 g/mol. The highest BCUT2D eigenvalue weighted by Crippen LogP contribution is 2.10. The Morgan fingerprint density at radius 1 is 1.38 bits per heavy atom. The van der Waals surface area contributed by atoms with Crippen LogP contribution in [0.15, 0.2) is 4.52 Å². The van der Waals surface area contributed by atoms with E-state index in [1.165, 1.54) is 0 Å². The summed E-state index contributed by atoms with van der Waals surface area (Å²) in [4.78, 5) is 6.46. The zero-order chi connectivity index (χ0) is 12.0. The first-order valence-corrected chi connectivity index (χ1v) is 5.96. The van der Waals surface area contributed by atoms with E-state index in [0.717, 1.165) is 31.8 Å². The highest BCUT2D eigenvalue weighted by molar-refractivity contribution is 5.26. The molecule has 0 aliphatic rings. The molecule has 1 heterocycles. The van der Waals surface area contributed by atoms with Crippen LogP contribution in [0.4, 0.5) is 5.95 Å². The summed E-state index contributed by atoms with van der Waals surface area (Å²) in [5, 5.41) is 7.17. The molecule has 5 heteroatoms. The number of hydrogen-bond acceptors (Lipinski definition) is 5. The van der Waals surface area contributed by atoms with Gasteiger partial charge in [-0.1, -0.05) is 0 Å². The van der Waals surface area contributed by atoms with E-state index >= 15 is 0 Å². The molecular formula is C11H22N4O. The summed E-state index contributed by atoms with van der Waals surface area (Å²) in [6.45, 7) is 8.12. The van der Waals surface area contributed by atoms with Gasteiger partial charge in [-0.25, -0.2) is 0 Å². The van der Waals surface area contributed by atoms with Crippen molar-refractivity contribution in [2.75, 3.05) is 25.0 Å². The predicted molar refractivity (Wildman–Crippen MR) is 64.7 cm³/mol. The van der Waals surface area contributed by atoms with Crippen LogP contribution in [0.5, 0.6) is 0 Å². The summed E-state index contributed by atoms with van der Waals surface area (Å²) in [6.07, 6.45) is 1.84. The largest absolute Gasteiger partial charge is 0.339 e. The van der Waals surface area contributed by atoms with Crippen molar-refractivity contribution in [2.45, 2.75) is 39.7 Å². The molecule has 0 fully saturated rings. The van der Waals surface area contributed by atoms with Gasteiger partial charge in [0.2, 0.25) is 5.89 Å². The first-order valence-electron chi connectivity index (χ1n) is 5.96. The van der Waals surface area contributed by atoms with E-state index in [1.807, 2.05) is 7.05 Å². The summed E-state index contributed by atoms with van der Waals surface area (Å²) >= 11 is 0. The maximum Gasteiger partial charge on any atom is 0.266 e. The number of nitrogens with zero attached hydrogens (tertiary/aromatic N) is 3. The molecule has 1 rings (SSSR count). The Bertz CT molecular complexity index is 296. The number of aromatic nitrogens is 2. The third kappa shape index (κ3) is 3.48. The molecule has 0 aliphatic heterocycles. The second-order valence-corrected chi connectivity index (χ2v) is 3.89. The molecule has 92 valence electrons. The monoisotopic (exact) mass is 226 g/mol. The van der Waals surface area contributed by atoms with Gasteiger partial charge in [0.25, 0.3) is 5.95 Å². The molecule has 1 aromatic rings. The van der Waals surface area contributed by atoms with Gasteiger partial charge in [-0.05, 0) is 39.4 Å². The molecule has 1 atom stereocenters. The van der Waals surface area contributed by atoms with Gasteiger partial charge in [-0.2, -0.15) is 4.98 Å². The summed E-state index contributed by atoms with van der Waals surface area (Å²) in [5.74, 6) is 1.43.